The molecule has 8 heteroatoms. The zero-order valence-corrected chi connectivity index (χ0v) is 17.4. The third-order valence-electron chi connectivity index (χ3n) is 4.80. The molecule has 2 N–H and O–H groups in total. The monoisotopic (exact) mass is 422 g/mol. The minimum atomic E-state index is -0.572. The molecule has 0 fully saturated rings. The quantitative estimate of drug-likeness (QED) is 0.515. The minimum absolute atomic E-state index is 0.0488. The van der Waals surface area contributed by atoms with Crippen LogP contribution in [0.3, 0.4) is 0 Å². The smallest absolute Gasteiger partial charge is 0.285 e. The molecule has 2 aromatic heterocycles. The average molecular weight is 423 g/mol. The van der Waals surface area contributed by atoms with Crippen molar-refractivity contribution in [2.24, 2.45) is 0 Å². The largest absolute Gasteiger partial charge is 0.497 e. The topological polar surface area (TPSA) is 88.5 Å². The van der Waals surface area contributed by atoms with E-state index in [1.807, 2.05) is 37.3 Å². The second kappa shape index (κ2) is 7.68. The first-order valence-corrected chi connectivity index (χ1v) is 9.60. The molecule has 1 amide bonds. The van der Waals surface area contributed by atoms with E-state index in [0.717, 1.165) is 16.8 Å². The minimum Gasteiger partial charge on any atom is -0.497 e. The van der Waals surface area contributed by atoms with Gasteiger partial charge in [-0.3, -0.25) is 14.7 Å². The summed E-state index contributed by atoms with van der Waals surface area (Å²) >= 11 is 6.06. The molecule has 0 aliphatic rings. The number of hydrogen-bond acceptors (Lipinski definition) is 4. The lowest BCUT2D eigenvalue weighted by molar-refractivity contribution is 0.102. The number of rotatable bonds is 4. The molecule has 30 heavy (non-hydrogen) atoms. The Bertz CT molecular complexity index is 1330. The van der Waals surface area contributed by atoms with Crippen molar-refractivity contribution in [2.75, 3.05) is 12.4 Å². The van der Waals surface area contributed by atoms with Crippen LogP contribution in [0, 0.1) is 13.8 Å². The fourth-order valence-corrected chi connectivity index (χ4v) is 3.67. The third kappa shape index (κ3) is 3.44. The second-order valence-electron chi connectivity index (χ2n) is 6.85. The normalized spacial score (nSPS) is 10.9. The summed E-state index contributed by atoms with van der Waals surface area (Å²) in [6.07, 6.45) is 0. The molecule has 0 saturated heterocycles. The van der Waals surface area contributed by atoms with Crippen molar-refractivity contribution in [3.63, 3.8) is 0 Å². The van der Waals surface area contributed by atoms with Crippen molar-refractivity contribution in [1.82, 2.24) is 14.6 Å². The van der Waals surface area contributed by atoms with E-state index in [0.29, 0.717) is 27.8 Å². The van der Waals surface area contributed by atoms with Gasteiger partial charge >= 0.3 is 0 Å². The molecular weight excluding hydrogens is 404 g/mol. The number of ether oxygens (including phenoxy) is 1. The average Bonchev–Trinajstić information content (AvgIpc) is 3.04. The molecule has 0 unspecified atom stereocenters. The molecule has 0 aliphatic heterocycles. The van der Waals surface area contributed by atoms with Gasteiger partial charge in [0.05, 0.1) is 12.8 Å². The number of halogens is 1. The molecular formula is C22H19ClN4O3. The highest BCUT2D eigenvalue weighted by molar-refractivity contribution is 6.31. The molecule has 0 bridgehead atoms. The van der Waals surface area contributed by atoms with E-state index in [4.69, 9.17) is 16.3 Å². The Morgan fingerprint density at radius 2 is 1.90 bits per heavy atom. The zero-order chi connectivity index (χ0) is 21.4. The Labute approximate surface area is 177 Å². The molecule has 2 heterocycles. The van der Waals surface area contributed by atoms with Crippen molar-refractivity contribution in [2.45, 2.75) is 13.8 Å². The molecule has 0 spiro atoms. The number of carbonyl (C=O) groups excluding carboxylic acids is 1. The molecule has 2 aromatic carbocycles. The number of hydrogen-bond donors (Lipinski definition) is 2. The van der Waals surface area contributed by atoms with Crippen LogP contribution < -0.4 is 15.6 Å². The number of methoxy groups -OCH3 is 1. The number of aryl methyl sites for hydroxylation is 2. The lowest BCUT2D eigenvalue weighted by atomic mass is 10.1. The number of carbonyl (C=O) groups is 1. The van der Waals surface area contributed by atoms with Gasteiger partial charge in [0.1, 0.15) is 11.3 Å². The number of aromatic amines is 1. The summed E-state index contributed by atoms with van der Waals surface area (Å²) in [4.78, 5) is 30.6. The fraction of sp³-hybridized carbons (Fsp3) is 0.136. The van der Waals surface area contributed by atoms with Gasteiger partial charge in [0.15, 0.2) is 5.65 Å². The number of fused-ring (bicyclic) bond motifs is 1. The molecule has 0 radical (unpaired) electrons. The first-order valence-electron chi connectivity index (χ1n) is 9.22. The number of H-pyrrole nitrogens is 1. The molecule has 7 nitrogen and oxygen atoms in total. The molecule has 152 valence electrons. The highest BCUT2D eigenvalue weighted by Gasteiger charge is 2.22. The number of nitrogens with one attached hydrogen (secondary N) is 2. The summed E-state index contributed by atoms with van der Waals surface area (Å²) in [5.41, 5.74) is 3.24. The lowest BCUT2D eigenvalue weighted by Gasteiger charge is -2.09. The standard InChI is InChI=1S/C22H19ClN4O3/c1-12-19(21(28)25-16-9-15(23)10-17(11-16)30-3)22(29)27-20(24-12)18(13(2)26-27)14-7-5-4-6-8-14/h4-11,26H,1-3H3,(H,25,28). The molecule has 0 aliphatic carbocycles. The van der Waals surface area contributed by atoms with Crippen LogP contribution in [0.1, 0.15) is 21.7 Å². The maximum atomic E-state index is 13.1. The van der Waals surface area contributed by atoms with Gasteiger partial charge in [0, 0.05) is 28.0 Å². The van der Waals surface area contributed by atoms with Gasteiger partial charge in [0.25, 0.3) is 11.5 Å². The van der Waals surface area contributed by atoms with E-state index >= 15 is 0 Å². The third-order valence-corrected chi connectivity index (χ3v) is 5.01. The summed E-state index contributed by atoms with van der Waals surface area (Å²) < 4.78 is 6.47. The van der Waals surface area contributed by atoms with Crippen molar-refractivity contribution in [1.29, 1.82) is 0 Å². The molecule has 4 aromatic rings. The summed E-state index contributed by atoms with van der Waals surface area (Å²) in [6.45, 7) is 3.51. The Morgan fingerprint density at radius 1 is 1.17 bits per heavy atom. The Kier molecular flexibility index (Phi) is 5.05. The van der Waals surface area contributed by atoms with Crippen LogP contribution in [0.15, 0.2) is 53.3 Å². The van der Waals surface area contributed by atoms with Gasteiger partial charge < -0.3 is 10.1 Å². The second-order valence-corrected chi connectivity index (χ2v) is 7.28. The highest BCUT2D eigenvalue weighted by Crippen LogP contribution is 2.27. The lowest BCUT2D eigenvalue weighted by Crippen LogP contribution is -2.29. The van der Waals surface area contributed by atoms with Crippen LogP contribution in [-0.2, 0) is 0 Å². The first kappa shape index (κ1) is 19.7. The Balaban J connectivity index is 1.80. The summed E-state index contributed by atoms with van der Waals surface area (Å²) in [5.74, 6) is -0.0791. The van der Waals surface area contributed by atoms with Crippen molar-refractivity contribution < 1.29 is 9.53 Å². The summed E-state index contributed by atoms with van der Waals surface area (Å²) in [6, 6.07) is 14.5. The van der Waals surface area contributed by atoms with Gasteiger partial charge in [-0.2, -0.15) is 0 Å². The van der Waals surface area contributed by atoms with E-state index in [9.17, 15) is 9.59 Å². The first-order chi connectivity index (χ1) is 14.4. The van der Waals surface area contributed by atoms with Crippen molar-refractivity contribution in [3.8, 4) is 16.9 Å². The van der Waals surface area contributed by atoms with Gasteiger partial charge in [-0.1, -0.05) is 41.9 Å². The maximum Gasteiger partial charge on any atom is 0.285 e. The number of amides is 1. The maximum absolute atomic E-state index is 13.1. The number of aromatic nitrogens is 3. The van der Waals surface area contributed by atoms with Crippen LogP contribution >= 0.6 is 11.6 Å². The highest BCUT2D eigenvalue weighted by atomic mass is 35.5. The Hall–Kier alpha value is -3.58. The van der Waals surface area contributed by atoms with Gasteiger partial charge in [0.2, 0.25) is 0 Å². The summed E-state index contributed by atoms with van der Waals surface area (Å²) in [7, 11) is 1.50. The van der Waals surface area contributed by atoms with Crippen molar-refractivity contribution >= 4 is 28.8 Å². The van der Waals surface area contributed by atoms with Crippen LogP contribution in [0.25, 0.3) is 16.8 Å². The fourth-order valence-electron chi connectivity index (χ4n) is 3.45. The molecule has 4 rings (SSSR count). The van der Waals surface area contributed by atoms with E-state index in [1.165, 1.54) is 11.6 Å². The number of benzene rings is 2. The molecule has 0 saturated carbocycles. The predicted molar refractivity (Wildman–Crippen MR) is 117 cm³/mol. The molecule has 0 atom stereocenters. The van der Waals surface area contributed by atoms with E-state index < -0.39 is 11.5 Å². The zero-order valence-electron chi connectivity index (χ0n) is 16.6. The van der Waals surface area contributed by atoms with E-state index in [1.54, 1.807) is 25.1 Å². The van der Waals surface area contributed by atoms with Gasteiger partial charge in [-0.05, 0) is 31.5 Å². The Morgan fingerprint density at radius 3 is 2.60 bits per heavy atom. The SMILES string of the molecule is COc1cc(Cl)cc(NC(=O)c2c(C)nc3c(-c4ccccc4)c(C)[nH]n3c2=O)c1. The summed E-state index contributed by atoms with van der Waals surface area (Å²) in [5, 5.41) is 6.13. The van der Waals surface area contributed by atoms with Crippen LogP contribution in [0.5, 0.6) is 5.75 Å². The van der Waals surface area contributed by atoms with Crippen LogP contribution in [0.2, 0.25) is 5.02 Å². The van der Waals surface area contributed by atoms with E-state index in [-0.39, 0.29) is 5.56 Å². The van der Waals surface area contributed by atoms with Crippen molar-refractivity contribution in [3.05, 3.63) is 80.9 Å². The van der Waals surface area contributed by atoms with Crippen LogP contribution in [0.4, 0.5) is 5.69 Å². The number of anilines is 1. The van der Waals surface area contributed by atoms with Gasteiger partial charge in [-0.25, -0.2) is 9.50 Å². The van der Waals surface area contributed by atoms with Gasteiger partial charge in [-0.15, -0.1) is 0 Å². The van der Waals surface area contributed by atoms with E-state index in [2.05, 4.69) is 15.4 Å². The number of nitrogens with zero attached hydrogens (tertiary/aromatic N) is 2. The van der Waals surface area contributed by atoms with Crippen LogP contribution in [-0.4, -0.2) is 27.6 Å². The predicted octanol–water partition coefficient (Wildman–Crippen LogP) is 4.22.